The molecular formula is C21H24N2O4. The van der Waals surface area contributed by atoms with Crippen molar-refractivity contribution in [2.75, 3.05) is 33.6 Å². The summed E-state index contributed by atoms with van der Waals surface area (Å²) < 4.78 is 10.6. The predicted octanol–water partition coefficient (Wildman–Crippen LogP) is 3.45. The molecule has 0 spiro atoms. The number of rotatable bonds is 6. The zero-order chi connectivity index (χ0) is 20.0. The molecule has 1 N–H and O–H groups in total. The van der Waals surface area contributed by atoms with Crippen LogP contribution in [0.15, 0.2) is 48.5 Å². The van der Waals surface area contributed by atoms with Crippen molar-refractivity contribution < 1.29 is 19.1 Å². The third-order valence-corrected chi connectivity index (χ3v) is 3.99. The van der Waals surface area contributed by atoms with Gasteiger partial charge in [0.15, 0.2) is 11.5 Å². The summed E-state index contributed by atoms with van der Waals surface area (Å²) in [6.07, 6.45) is 1.50. The zero-order valence-electron chi connectivity index (χ0n) is 16.2. The first kappa shape index (κ1) is 20.0. The quantitative estimate of drug-likeness (QED) is 0.793. The number of hydrogen-bond acceptors (Lipinski definition) is 4. The van der Waals surface area contributed by atoms with Crippen molar-refractivity contribution in [1.82, 2.24) is 4.90 Å². The molecule has 0 aromatic heterocycles. The van der Waals surface area contributed by atoms with Crippen LogP contribution in [0.2, 0.25) is 0 Å². The van der Waals surface area contributed by atoms with E-state index in [4.69, 9.17) is 9.47 Å². The van der Waals surface area contributed by atoms with Crippen LogP contribution in [0.25, 0.3) is 5.57 Å². The molecule has 2 aromatic rings. The van der Waals surface area contributed by atoms with Crippen LogP contribution in [0.5, 0.6) is 11.5 Å². The molecule has 0 saturated heterocycles. The van der Waals surface area contributed by atoms with Gasteiger partial charge in [-0.25, -0.2) is 0 Å². The highest BCUT2D eigenvalue weighted by molar-refractivity contribution is 6.09. The van der Waals surface area contributed by atoms with Crippen molar-refractivity contribution in [2.45, 2.75) is 6.92 Å². The number of ether oxygens (including phenoxy) is 2. The van der Waals surface area contributed by atoms with E-state index in [1.165, 1.54) is 25.2 Å². The van der Waals surface area contributed by atoms with Gasteiger partial charge < -0.3 is 19.7 Å². The van der Waals surface area contributed by atoms with Crippen molar-refractivity contribution in [2.24, 2.45) is 0 Å². The highest BCUT2D eigenvalue weighted by Crippen LogP contribution is 2.34. The maximum absolute atomic E-state index is 12.5. The molecule has 27 heavy (non-hydrogen) atoms. The van der Waals surface area contributed by atoms with Gasteiger partial charge in [-0.2, -0.15) is 0 Å². The minimum absolute atomic E-state index is 0.255. The van der Waals surface area contributed by atoms with Crippen molar-refractivity contribution in [3.05, 3.63) is 59.7 Å². The number of nitrogens with one attached hydrogen (secondary N) is 1. The maximum atomic E-state index is 12.5. The number of methoxy groups -OCH3 is 2. The lowest BCUT2D eigenvalue weighted by molar-refractivity contribution is -0.111. The maximum Gasteiger partial charge on any atom is 0.255 e. The van der Waals surface area contributed by atoms with E-state index in [0.29, 0.717) is 22.7 Å². The molecule has 0 aliphatic rings. The van der Waals surface area contributed by atoms with E-state index in [0.717, 1.165) is 11.1 Å². The van der Waals surface area contributed by atoms with E-state index in [-0.39, 0.29) is 11.8 Å². The highest BCUT2D eigenvalue weighted by Gasteiger charge is 2.19. The topological polar surface area (TPSA) is 67.9 Å². The Balaban J connectivity index is 2.38. The van der Waals surface area contributed by atoms with E-state index in [1.54, 1.807) is 26.2 Å². The molecule has 0 fully saturated rings. The van der Waals surface area contributed by atoms with Crippen LogP contribution < -0.4 is 14.8 Å². The van der Waals surface area contributed by atoms with Gasteiger partial charge in [-0.1, -0.05) is 30.3 Å². The van der Waals surface area contributed by atoms with E-state index in [2.05, 4.69) is 5.32 Å². The fraction of sp³-hybridized carbons (Fsp3) is 0.238. The van der Waals surface area contributed by atoms with Crippen LogP contribution in [-0.4, -0.2) is 45.0 Å². The Morgan fingerprint density at radius 2 is 1.59 bits per heavy atom. The third kappa shape index (κ3) is 4.88. The lowest BCUT2D eigenvalue weighted by Gasteiger charge is -2.17. The zero-order valence-corrected chi connectivity index (χ0v) is 16.2. The van der Waals surface area contributed by atoms with Gasteiger partial charge in [0.05, 0.1) is 25.5 Å². The second-order valence-corrected chi connectivity index (χ2v) is 6.13. The Kier molecular flexibility index (Phi) is 6.60. The Bertz CT molecular complexity index is 858. The third-order valence-electron chi connectivity index (χ3n) is 3.99. The van der Waals surface area contributed by atoms with Crippen molar-refractivity contribution >= 4 is 23.1 Å². The second-order valence-electron chi connectivity index (χ2n) is 6.13. The molecule has 6 heteroatoms. The predicted molar refractivity (Wildman–Crippen MR) is 106 cm³/mol. The Morgan fingerprint density at radius 3 is 2.15 bits per heavy atom. The number of hydrogen-bond donors (Lipinski definition) is 1. The summed E-state index contributed by atoms with van der Waals surface area (Å²) in [7, 11) is 6.27. The number of amides is 2. The minimum atomic E-state index is -0.337. The van der Waals surface area contributed by atoms with Gasteiger partial charge in [-0.15, -0.1) is 0 Å². The smallest absolute Gasteiger partial charge is 0.255 e. The molecule has 0 aliphatic heterocycles. The fourth-order valence-corrected chi connectivity index (χ4v) is 2.55. The van der Waals surface area contributed by atoms with Gasteiger partial charge in [-0.3, -0.25) is 9.59 Å². The Hall–Kier alpha value is -3.28. The molecule has 0 saturated carbocycles. The van der Waals surface area contributed by atoms with Crippen LogP contribution in [0.3, 0.4) is 0 Å². The molecule has 2 aromatic carbocycles. The first-order chi connectivity index (χ1) is 12.9. The number of benzene rings is 2. The normalized spacial score (nSPS) is 10.9. The number of carbonyl (C=O) groups excluding carboxylic acids is 2. The lowest BCUT2D eigenvalue weighted by atomic mass is 10.1. The van der Waals surface area contributed by atoms with Gasteiger partial charge in [0.2, 0.25) is 5.91 Å². The van der Waals surface area contributed by atoms with E-state index in [1.807, 2.05) is 37.3 Å². The standard InChI is InChI=1S/C21H24N2O4/c1-14(15-9-7-6-8-10-15)11-20(24)22-17-13-19(27-5)18(26-4)12-16(17)21(25)23(2)3/h6-13H,1-5H3,(H,22,24)/b14-11+. The van der Waals surface area contributed by atoms with E-state index < -0.39 is 0 Å². The SMILES string of the molecule is COc1cc(NC(=O)/C=C(\C)c2ccccc2)c(C(=O)N(C)C)cc1OC. The minimum Gasteiger partial charge on any atom is -0.493 e. The van der Waals surface area contributed by atoms with Crippen LogP contribution in [0, 0.1) is 0 Å². The van der Waals surface area contributed by atoms with E-state index in [9.17, 15) is 9.59 Å². The number of carbonyl (C=O) groups is 2. The van der Waals surface area contributed by atoms with Crippen molar-refractivity contribution in [3.63, 3.8) is 0 Å². The Labute approximate surface area is 159 Å². The average molecular weight is 368 g/mol. The monoisotopic (exact) mass is 368 g/mol. The summed E-state index contributed by atoms with van der Waals surface area (Å²) in [6.45, 7) is 1.86. The van der Waals surface area contributed by atoms with Gasteiger partial charge in [0, 0.05) is 26.2 Å². The van der Waals surface area contributed by atoms with Crippen molar-refractivity contribution in [1.29, 1.82) is 0 Å². The van der Waals surface area contributed by atoms with E-state index >= 15 is 0 Å². The first-order valence-electron chi connectivity index (χ1n) is 8.39. The summed E-state index contributed by atoms with van der Waals surface area (Å²) in [4.78, 5) is 26.5. The highest BCUT2D eigenvalue weighted by atomic mass is 16.5. The van der Waals surface area contributed by atoms with Crippen LogP contribution in [0.4, 0.5) is 5.69 Å². The molecule has 2 rings (SSSR count). The van der Waals surface area contributed by atoms with Gasteiger partial charge >= 0.3 is 0 Å². The van der Waals surface area contributed by atoms with Gasteiger partial charge in [0.25, 0.3) is 5.91 Å². The molecule has 0 unspecified atom stereocenters. The fourth-order valence-electron chi connectivity index (χ4n) is 2.55. The summed E-state index contributed by atoms with van der Waals surface area (Å²) in [5, 5.41) is 2.77. The largest absolute Gasteiger partial charge is 0.493 e. The Morgan fingerprint density at radius 1 is 1.00 bits per heavy atom. The molecule has 0 bridgehead atoms. The average Bonchev–Trinajstić information content (AvgIpc) is 2.67. The van der Waals surface area contributed by atoms with Crippen LogP contribution >= 0.6 is 0 Å². The lowest BCUT2D eigenvalue weighted by Crippen LogP contribution is -2.24. The second kappa shape index (κ2) is 8.89. The summed E-state index contributed by atoms with van der Waals surface area (Å²) >= 11 is 0. The first-order valence-corrected chi connectivity index (χ1v) is 8.39. The summed E-state index contributed by atoms with van der Waals surface area (Å²) in [5.41, 5.74) is 2.43. The van der Waals surface area contributed by atoms with Crippen LogP contribution in [-0.2, 0) is 4.79 Å². The molecule has 0 heterocycles. The summed E-state index contributed by atoms with van der Waals surface area (Å²) in [6, 6.07) is 12.7. The molecule has 2 amide bonds. The molecule has 6 nitrogen and oxygen atoms in total. The number of anilines is 1. The number of allylic oxidation sites excluding steroid dienone is 1. The van der Waals surface area contributed by atoms with Gasteiger partial charge in [-0.05, 0) is 24.1 Å². The molecular weight excluding hydrogens is 344 g/mol. The van der Waals surface area contributed by atoms with Gasteiger partial charge in [0.1, 0.15) is 0 Å². The van der Waals surface area contributed by atoms with Crippen LogP contribution in [0.1, 0.15) is 22.8 Å². The molecule has 0 atom stereocenters. The number of nitrogens with zero attached hydrogens (tertiary/aromatic N) is 1. The molecule has 142 valence electrons. The molecule has 0 radical (unpaired) electrons. The van der Waals surface area contributed by atoms with Crippen molar-refractivity contribution in [3.8, 4) is 11.5 Å². The summed E-state index contributed by atoms with van der Waals surface area (Å²) in [5.74, 6) is 0.245. The molecule has 0 aliphatic carbocycles.